The fourth-order valence-corrected chi connectivity index (χ4v) is 4.79. The van der Waals surface area contributed by atoms with E-state index in [4.69, 9.17) is 8.83 Å². The minimum atomic E-state index is 0.626. The number of nitrogens with zero attached hydrogens (tertiary/aromatic N) is 1. The predicted molar refractivity (Wildman–Crippen MR) is 137 cm³/mol. The highest BCUT2D eigenvalue weighted by molar-refractivity contribution is 6.09. The third-order valence-corrected chi connectivity index (χ3v) is 6.51. The molecule has 7 rings (SSSR count). The lowest BCUT2D eigenvalue weighted by Crippen LogP contribution is -1.79. The van der Waals surface area contributed by atoms with Gasteiger partial charge in [-0.1, -0.05) is 48.5 Å². The Morgan fingerprint density at radius 3 is 1.38 bits per heavy atom. The van der Waals surface area contributed by atoms with E-state index in [-0.39, 0.29) is 0 Å². The van der Waals surface area contributed by atoms with Crippen molar-refractivity contribution in [2.45, 2.75) is 0 Å². The smallest absolute Gasteiger partial charge is 0.135 e. The molecular formula is C31H17NO2. The Kier molecular flexibility index (Phi) is 3.91. The van der Waals surface area contributed by atoms with E-state index in [2.05, 4.69) is 66.7 Å². The summed E-state index contributed by atoms with van der Waals surface area (Å²) < 4.78 is 12.1. The first-order valence-corrected chi connectivity index (χ1v) is 11.2. The molecule has 3 nitrogen and oxygen atoms in total. The number of benzene rings is 5. The molecule has 0 unspecified atom stereocenters. The second kappa shape index (κ2) is 7.10. The first-order valence-electron chi connectivity index (χ1n) is 11.2. The van der Waals surface area contributed by atoms with Crippen LogP contribution in [0.4, 0.5) is 0 Å². The van der Waals surface area contributed by atoms with Crippen molar-refractivity contribution in [2.75, 3.05) is 0 Å². The van der Waals surface area contributed by atoms with Gasteiger partial charge in [0.15, 0.2) is 0 Å². The zero-order valence-electron chi connectivity index (χ0n) is 18.1. The van der Waals surface area contributed by atoms with E-state index in [0.717, 1.165) is 55.0 Å². The highest BCUT2D eigenvalue weighted by Gasteiger charge is 2.13. The van der Waals surface area contributed by atoms with Crippen LogP contribution in [0.2, 0.25) is 0 Å². The molecule has 5 aromatic carbocycles. The van der Waals surface area contributed by atoms with Crippen LogP contribution in [-0.4, -0.2) is 0 Å². The third-order valence-electron chi connectivity index (χ3n) is 6.51. The molecule has 0 aliphatic heterocycles. The van der Waals surface area contributed by atoms with E-state index in [1.165, 1.54) is 11.1 Å². The van der Waals surface area contributed by atoms with Gasteiger partial charge in [0.1, 0.15) is 22.3 Å². The zero-order chi connectivity index (χ0) is 22.6. The van der Waals surface area contributed by atoms with Gasteiger partial charge in [-0.25, -0.2) is 0 Å². The molecule has 0 atom stereocenters. The van der Waals surface area contributed by atoms with Crippen molar-refractivity contribution in [1.82, 2.24) is 0 Å². The van der Waals surface area contributed by atoms with Crippen LogP contribution in [0.25, 0.3) is 66.1 Å². The molecule has 3 heteroatoms. The molecule has 0 N–H and O–H groups in total. The second-order valence-corrected chi connectivity index (χ2v) is 8.53. The van der Waals surface area contributed by atoms with Crippen LogP contribution < -0.4 is 0 Å². The van der Waals surface area contributed by atoms with E-state index in [9.17, 15) is 5.26 Å². The van der Waals surface area contributed by atoms with Crippen LogP contribution in [0.1, 0.15) is 5.56 Å². The lowest BCUT2D eigenvalue weighted by Gasteiger charge is -2.03. The minimum Gasteiger partial charge on any atom is -0.456 e. The summed E-state index contributed by atoms with van der Waals surface area (Å²) in [4.78, 5) is 0. The van der Waals surface area contributed by atoms with E-state index < -0.39 is 0 Å². The van der Waals surface area contributed by atoms with Crippen molar-refractivity contribution < 1.29 is 8.83 Å². The molecule has 0 spiro atoms. The Morgan fingerprint density at radius 2 is 0.882 bits per heavy atom. The maximum atomic E-state index is 9.31. The quantitative estimate of drug-likeness (QED) is 0.273. The van der Waals surface area contributed by atoms with Gasteiger partial charge in [0.05, 0.1) is 11.6 Å². The van der Waals surface area contributed by atoms with Gasteiger partial charge >= 0.3 is 0 Å². The Labute approximate surface area is 195 Å². The molecular weight excluding hydrogens is 418 g/mol. The molecule has 0 bridgehead atoms. The maximum Gasteiger partial charge on any atom is 0.135 e. The summed E-state index contributed by atoms with van der Waals surface area (Å²) in [5.41, 5.74) is 8.53. The number of hydrogen-bond donors (Lipinski definition) is 0. The number of rotatable bonds is 2. The summed E-state index contributed by atoms with van der Waals surface area (Å²) in [6.07, 6.45) is 0. The number of hydrogen-bond acceptors (Lipinski definition) is 3. The zero-order valence-corrected chi connectivity index (χ0v) is 18.1. The maximum absolute atomic E-state index is 9.31. The molecule has 0 aliphatic carbocycles. The largest absolute Gasteiger partial charge is 0.456 e. The summed E-state index contributed by atoms with van der Waals surface area (Å²) in [5.74, 6) is 0. The predicted octanol–water partition coefficient (Wildman–Crippen LogP) is 8.69. The topological polar surface area (TPSA) is 50.1 Å². The van der Waals surface area contributed by atoms with Crippen LogP contribution in [0.15, 0.2) is 112 Å². The van der Waals surface area contributed by atoms with Crippen molar-refractivity contribution in [3.63, 3.8) is 0 Å². The van der Waals surface area contributed by atoms with Gasteiger partial charge in [-0.3, -0.25) is 0 Å². The van der Waals surface area contributed by atoms with Crippen LogP contribution >= 0.6 is 0 Å². The van der Waals surface area contributed by atoms with E-state index in [1.54, 1.807) is 6.07 Å². The van der Waals surface area contributed by atoms with Crippen LogP contribution in [-0.2, 0) is 0 Å². The average molecular weight is 435 g/mol. The van der Waals surface area contributed by atoms with Gasteiger partial charge in [0.25, 0.3) is 0 Å². The van der Waals surface area contributed by atoms with Gasteiger partial charge in [-0.2, -0.15) is 5.26 Å². The summed E-state index contributed by atoms with van der Waals surface area (Å²) in [6, 6.07) is 37.0. The standard InChI is InChI=1S/C31H17NO2/c32-18-19-6-10-28-24(14-19)25-16-22(8-12-29(25)33-28)23-9-13-31-27(17-23)26-15-21(7-11-30(26)34-31)20-4-2-1-3-5-20/h1-17H. The molecule has 0 fully saturated rings. The first-order chi connectivity index (χ1) is 16.8. The highest BCUT2D eigenvalue weighted by atomic mass is 16.3. The van der Waals surface area contributed by atoms with Crippen LogP contribution in [0, 0.1) is 11.3 Å². The van der Waals surface area contributed by atoms with Crippen molar-refractivity contribution in [1.29, 1.82) is 5.26 Å². The summed E-state index contributed by atoms with van der Waals surface area (Å²) >= 11 is 0. The van der Waals surface area contributed by atoms with Crippen molar-refractivity contribution in [3.05, 3.63) is 109 Å². The Hall–Kier alpha value is -4.81. The SMILES string of the molecule is N#Cc1ccc2oc3ccc(-c4ccc5oc6ccc(-c7ccccc7)cc6c5c4)cc3c2c1. The van der Waals surface area contributed by atoms with Crippen LogP contribution in [0.3, 0.4) is 0 Å². The molecule has 158 valence electrons. The lowest BCUT2D eigenvalue weighted by molar-refractivity contribution is 0.668. The van der Waals surface area contributed by atoms with Gasteiger partial charge in [0, 0.05) is 21.5 Å². The Morgan fingerprint density at radius 1 is 0.441 bits per heavy atom. The second-order valence-electron chi connectivity index (χ2n) is 8.53. The Bertz CT molecular complexity index is 1920. The normalized spacial score (nSPS) is 11.5. The van der Waals surface area contributed by atoms with Crippen molar-refractivity contribution in [3.8, 4) is 28.3 Å². The summed E-state index contributed by atoms with van der Waals surface area (Å²) in [7, 11) is 0. The molecule has 7 aromatic rings. The number of fused-ring (bicyclic) bond motifs is 6. The van der Waals surface area contributed by atoms with Gasteiger partial charge in [-0.15, -0.1) is 0 Å². The van der Waals surface area contributed by atoms with Gasteiger partial charge in [0.2, 0.25) is 0 Å². The average Bonchev–Trinajstić information content (AvgIpc) is 3.45. The number of furan rings is 2. The molecule has 2 heterocycles. The molecule has 0 radical (unpaired) electrons. The minimum absolute atomic E-state index is 0.626. The lowest BCUT2D eigenvalue weighted by atomic mass is 9.99. The fourth-order valence-electron chi connectivity index (χ4n) is 4.79. The highest BCUT2D eigenvalue weighted by Crippen LogP contribution is 2.37. The molecule has 2 aromatic heterocycles. The first kappa shape index (κ1) is 18.7. The van der Waals surface area contributed by atoms with E-state index >= 15 is 0 Å². The summed E-state index contributed by atoms with van der Waals surface area (Å²) in [5, 5.41) is 13.5. The van der Waals surface area contributed by atoms with E-state index in [1.807, 2.05) is 36.4 Å². The van der Waals surface area contributed by atoms with Crippen LogP contribution in [0.5, 0.6) is 0 Å². The van der Waals surface area contributed by atoms with Gasteiger partial charge in [-0.05, 0) is 76.9 Å². The molecule has 34 heavy (non-hydrogen) atoms. The van der Waals surface area contributed by atoms with Crippen molar-refractivity contribution >= 4 is 43.9 Å². The van der Waals surface area contributed by atoms with E-state index in [0.29, 0.717) is 5.56 Å². The molecule has 0 aliphatic rings. The van der Waals surface area contributed by atoms with Gasteiger partial charge < -0.3 is 8.83 Å². The molecule has 0 saturated heterocycles. The van der Waals surface area contributed by atoms with Crippen molar-refractivity contribution in [2.24, 2.45) is 0 Å². The monoisotopic (exact) mass is 435 g/mol. The third kappa shape index (κ3) is 2.83. The Balaban J connectivity index is 1.41. The molecule has 0 amide bonds. The summed E-state index contributed by atoms with van der Waals surface area (Å²) in [6.45, 7) is 0. The fraction of sp³-hybridized carbons (Fsp3) is 0. The number of nitriles is 1. The molecule has 0 saturated carbocycles.